The Labute approximate surface area is 137 Å². The number of nitrogens with zero attached hydrogens (tertiary/aromatic N) is 1. The maximum atomic E-state index is 12.1. The van der Waals surface area contributed by atoms with Crippen molar-refractivity contribution < 1.29 is 13.2 Å². The zero-order valence-corrected chi connectivity index (χ0v) is 14.7. The van der Waals surface area contributed by atoms with Gasteiger partial charge in [-0.15, -0.1) is 0 Å². The molecule has 1 amide bonds. The van der Waals surface area contributed by atoms with Gasteiger partial charge in [0.15, 0.2) is 15.8 Å². The fourth-order valence-corrected chi connectivity index (χ4v) is 3.41. The summed E-state index contributed by atoms with van der Waals surface area (Å²) in [6, 6.07) is 3.13. The predicted molar refractivity (Wildman–Crippen MR) is 92.3 cm³/mol. The van der Waals surface area contributed by atoms with Crippen LogP contribution < -0.4 is 11.5 Å². The van der Waals surface area contributed by atoms with Crippen LogP contribution in [-0.2, 0) is 16.3 Å². The summed E-state index contributed by atoms with van der Waals surface area (Å²) in [4.78, 5) is 15.7. The Bertz CT molecular complexity index is 706. The lowest BCUT2D eigenvalue weighted by atomic mass is 10.00. The number of guanidine groups is 1. The average molecular weight is 339 g/mol. The van der Waals surface area contributed by atoms with Gasteiger partial charge in [0.05, 0.1) is 4.90 Å². The summed E-state index contributed by atoms with van der Waals surface area (Å²) in [6.07, 6.45) is 6.00. The van der Waals surface area contributed by atoms with E-state index in [0.29, 0.717) is 12.0 Å². The monoisotopic (exact) mass is 339 g/mol. The van der Waals surface area contributed by atoms with E-state index in [0.717, 1.165) is 37.5 Å². The van der Waals surface area contributed by atoms with E-state index in [2.05, 4.69) is 11.9 Å². The molecular formula is C16H25N3O3S. The molecule has 0 heterocycles. The number of amides is 1. The van der Waals surface area contributed by atoms with Crippen molar-refractivity contribution in [2.24, 2.45) is 16.5 Å². The lowest BCUT2D eigenvalue weighted by Crippen LogP contribution is -2.24. The summed E-state index contributed by atoms with van der Waals surface area (Å²) < 4.78 is 24.1. The molecule has 0 saturated heterocycles. The lowest BCUT2D eigenvalue weighted by Gasteiger charge is -2.12. The number of hydrogen-bond donors (Lipinski definition) is 2. The van der Waals surface area contributed by atoms with Crippen molar-refractivity contribution in [3.05, 3.63) is 28.8 Å². The van der Waals surface area contributed by atoms with Crippen molar-refractivity contribution >= 4 is 21.7 Å². The van der Waals surface area contributed by atoms with E-state index in [4.69, 9.17) is 11.5 Å². The minimum Gasteiger partial charge on any atom is -0.370 e. The molecule has 0 unspecified atom stereocenters. The number of unbranched alkanes of at least 4 members (excludes halogenated alkanes) is 3. The van der Waals surface area contributed by atoms with Gasteiger partial charge in [-0.3, -0.25) is 4.79 Å². The van der Waals surface area contributed by atoms with E-state index in [1.807, 2.05) is 0 Å². The normalized spacial score (nSPS) is 11.3. The molecule has 6 nitrogen and oxygen atoms in total. The van der Waals surface area contributed by atoms with E-state index < -0.39 is 15.7 Å². The third-order valence-electron chi connectivity index (χ3n) is 3.57. The highest BCUT2D eigenvalue weighted by Gasteiger charge is 2.19. The van der Waals surface area contributed by atoms with Gasteiger partial charge in [0.2, 0.25) is 0 Å². The third-order valence-corrected chi connectivity index (χ3v) is 4.75. The van der Waals surface area contributed by atoms with E-state index in [9.17, 15) is 13.2 Å². The first-order chi connectivity index (χ1) is 10.7. The molecule has 4 N–H and O–H groups in total. The van der Waals surface area contributed by atoms with Crippen LogP contribution in [0.2, 0.25) is 0 Å². The topological polar surface area (TPSA) is 116 Å². The molecule has 0 bridgehead atoms. The third kappa shape index (κ3) is 5.67. The molecule has 1 aromatic rings. The molecule has 0 radical (unpaired) electrons. The Morgan fingerprint density at radius 1 is 1.17 bits per heavy atom. The molecule has 0 fully saturated rings. The Balaban J connectivity index is 3.25. The molecule has 7 heteroatoms. The number of hydrogen-bond acceptors (Lipinski definition) is 3. The Morgan fingerprint density at radius 3 is 2.35 bits per heavy atom. The molecule has 1 rings (SSSR count). The molecule has 128 valence electrons. The van der Waals surface area contributed by atoms with Crippen LogP contribution >= 0.6 is 0 Å². The number of carbonyl (C=O) groups excluding carboxylic acids is 1. The van der Waals surface area contributed by atoms with Gasteiger partial charge in [-0.1, -0.05) is 32.3 Å². The minimum absolute atomic E-state index is 0.175. The highest BCUT2D eigenvalue weighted by molar-refractivity contribution is 7.90. The van der Waals surface area contributed by atoms with Gasteiger partial charge in [0.25, 0.3) is 5.91 Å². The SMILES string of the molecule is CCCCCCc1cc(C)c(C(=O)N=C(N)N)cc1S(C)(=O)=O. The number of aryl methyl sites for hydroxylation is 2. The second-order valence-electron chi connectivity index (χ2n) is 5.70. The van der Waals surface area contributed by atoms with Gasteiger partial charge in [-0.05, 0) is 37.0 Å². The molecule has 0 saturated carbocycles. The Kier molecular flexibility index (Phi) is 6.75. The van der Waals surface area contributed by atoms with Gasteiger partial charge in [-0.25, -0.2) is 8.42 Å². The van der Waals surface area contributed by atoms with Crippen molar-refractivity contribution in [2.45, 2.75) is 50.8 Å². The molecule has 0 atom stereocenters. The summed E-state index contributed by atoms with van der Waals surface area (Å²) >= 11 is 0. The first-order valence-corrected chi connectivity index (χ1v) is 9.53. The second-order valence-corrected chi connectivity index (χ2v) is 7.68. The van der Waals surface area contributed by atoms with Crippen molar-refractivity contribution in [1.82, 2.24) is 0 Å². The molecule has 0 aliphatic heterocycles. The standard InChI is InChI=1S/C16H25N3O3S/c1-4-5-6-7-8-12-9-11(2)13(15(20)19-16(17)18)10-14(12)23(3,21)22/h9-10H,4-8H2,1-3H3,(H4,17,18,19,20). The van der Waals surface area contributed by atoms with E-state index in [1.54, 1.807) is 13.0 Å². The molecule has 0 aliphatic rings. The van der Waals surface area contributed by atoms with Gasteiger partial charge >= 0.3 is 0 Å². The van der Waals surface area contributed by atoms with Crippen LogP contribution in [0.1, 0.15) is 54.1 Å². The average Bonchev–Trinajstić information content (AvgIpc) is 2.41. The number of aliphatic imine (C=N–C) groups is 1. The van der Waals surface area contributed by atoms with Crippen molar-refractivity contribution in [2.75, 3.05) is 6.26 Å². The predicted octanol–water partition coefficient (Wildman–Crippen LogP) is 1.93. The molecule has 1 aromatic carbocycles. The number of nitrogens with two attached hydrogens (primary N) is 2. The maximum absolute atomic E-state index is 12.1. The second kappa shape index (κ2) is 8.10. The van der Waals surface area contributed by atoms with Crippen LogP contribution in [0.3, 0.4) is 0 Å². The zero-order chi connectivity index (χ0) is 17.6. The number of benzene rings is 1. The highest BCUT2D eigenvalue weighted by atomic mass is 32.2. The quantitative estimate of drug-likeness (QED) is 0.447. The Hall–Kier alpha value is -1.89. The fraction of sp³-hybridized carbons (Fsp3) is 0.500. The van der Waals surface area contributed by atoms with Gasteiger partial charge < -0.3 is 11.5 Å². The van der Waals surface area contributed by atoms with Crippen LogP contribution in [0.5, 0.6) is 0 Å². The van der Waals surface area contributed by atoms with Crippen LogP contribution in [0, 0.1) is 6.92 Å². The van der Waals surface area contributed by atoms with Crippen LogP contribution in [0.15, 0.2) is 22.0 Å². The maximum Gasteiger partial charge on any atom is 0.280 e. The summed E-state index contributed by atoms with van der Waals surface area (Å²) in [5.41, 5.74) is 12.0. The van der Waals surface area contributed by atoms with Gasteiger partial charge in [0.1, 0.15) is 0 Å². The van der Waals surface area contributed by atoms with E-state index >= 15 is 0 Å². The number of rotatable bonds is 7. The summed E-state index contributed by atoms with van der Waals surface area (Å²) in [5.74, 6) is -0.983. The first kappa shape index (κ1) is 19.2. The van der Waals surface area contributed by atoms with Crippen LogP contribution in [0.4, 0.5) is 0 Å². The minimum atomic E-state index is -3.44. The van der Waals surface area contributed by atoms with Crippen molar-refractivity contribution in [1.29, 1.82) is 0 Å². The molecule has 23 heavy (non-hydrogen) atoms. The summed E-state index contributed by atoms with van der Waals surface area (Å²) in [6.45, 7) is 3.87. The van der Waals surface area contributed by atoms with E-state index in [-0.39, 0.29) is 16.4 Å². The van der Waals surface area contributed by atoms with E-state index in [1.165, 1.54) is 6.07 Å². The zero-order valence-electron chi connectivity index (χ0n) is 13.9. The Morgan fingerprint density at radius 2 is 1.83 bits per heavy atom. The first-order valence-electron chi connectivity index (χ1n) is 7.64. The fourth-order valence-electron chi connectivity index (χ4n) is 2.44. The molecular weight excluding hydrogens is 314 g/mol. The molecule has 0 aromatic heterocycles. The van der Waals surface area contributed by atoms with Gasteiger partial charge in [-0.2, -0.15) is 4.99 Å². The number of sulfone groups is 1. The van der Waals surface area contributed by atoms with Crippen LogP contribution in [-0.4, -0.2) is 26.5 Å². The summed E-state index contributed by atoms with van der Waals surface area (Å²) in [5, 5.41) is 0. The number of carbonyl (C=O) groups is 1. The van der Waals surface area contributed by atoms with Crippen molar-refractivity contribution in [3.63, 3.8) is 0 Å². The lowest BCUT2D eigenvalue weighted by molar-refractivity contribution is 0.100. The summed E-state index contributed by atoms with van der Waals surface area (Å²) in [7, 11) is -3.44. The highest BCUT2D eigenvalue weighted by Crippen LogP contribution is 2.24. The largest absolute Gasteiger partial charge is 0.370 e. The molecule has 0 spiro atoms. The smallest absolute Gasteiger partial charge is 0.280 e. The van der Waals surface area contributed by atoms with Crippen LogP contribution in [0.25, 0.3) is 0 Å². The van der Waals surface area contributed by atoms with Gasteiger partial charge in [0, 0.05) is 11.8 Å². The molecule has 0 aliphatic carbocycles. The van der Waals surface area contributed by atoms with Crippen molar-refractivity contribution in [3.8, 4) is 0 Å².